The topological polar surface area (TPSA) is 96.9 Å². The maximum absolute atomic E-state index is 10.7. The van der Waals surface area contributed by atoms with Crippen molar-refractivity contribution < 1.29 is 22.9 Å². The van der Waals surface area contributed by atoms with Crippen molar-refractivity contribution in [3.8, 4) is 0 Å². The van der Waals surface area contributed by atoms with Gasteiger partial charge in [0.25, 0.3) is 0 Å². The van der Waals surface area contributed by atoms with E-state index in [9.17, 15) is 9.59 Å². The summed E-state index contributed by atoms with van der Waals surface area (Å²) in [6.45, 7) is 8.90. The summed E-state index contributed by atoms with van der Waals surface area (Å²) >= 11 is 1.47. The van der Waals surface area contributed by atoms with Crippen molar-refractivity contribution in [2.45, 2.75) is 65.8 Å². The highest BCUT2D eigenvalue weighted by Crippen LogP contribution is 2.01. The molecule has 0 aromatic carbocycles. The van der Waals surface area contributed by atoms with Gasteiger partial charge < -0.3 is 10.4 Å². The lowest BCUT2D eigenvalue weighted by molar-refractivity contribution is -0.234. The standard InChI is InChI=1S/C7H13IN2O5.C4H10.C2H6/c8-14-15-10-6(7(12)13)3-1-2-4-9-5-11;1-3-4-2;1-2/h5-6,10H,1-4H2,(H,9,11)(H,12,13);3-4H2,1-2H3;1-2H3. The molecular weight excluding hydrogens is 391 g/mol. The SMILES string of the molecule is CC.CCCC.O=CNCCCCC(NOOI)C(=O)O. The molecule has 1 amide bonds. The van der Waals surface area contributed by atoms with Gasteiger partial charge in [-0.05, 0) is 19.3 Å². The molecule has 0 aromatic rings. The van der Waals surface area contributed by atoms with Gasteiger partial charge >= 0.3 is 5.97 Å². The summed E-state index contributed by atoms with van der Waals surface area (Å²) < 4.78 is 4.20. The fourth-order valence-electron chi connectivity index (χ4n) is 0.944. The van der Waals surface area contributed by atoms with Crippen LogP contribution in [0.2, 0.25) is 0 Å². The molecule has 1 atom stereocenters. The first kappa shape index (κ1) is 25.5. The fraction of sp³-hybridized carbons (Fsp3) is 0.846. The molecule has 0 saturated heterocycles. The molecule has 0 bridgehead atoms. The number of carbonyl (C=O) groups is 2. The second-order valence-electron chi connectivity index (χ2n) is 3.72. The average molecular weight is 420 g/mol. The maximum Gasteiger partial charge on any atom is 0.323 e. The number of nitrogens with one attached hydrogen (secondary N) is 2. The fourth-order valence-corrected chi connectivity index (χ4v) is 1.05. The quantitative estimate of drug-likeness (QED) is 0.156. The number of halogens is 1. The number of hydrogen-bond acceptors (Lipinski definition) is 5. The Kier molecular flexibility index (Phi) is 29.8. The van der Waals surface area contributed by atoms with Crippen LogP contribution in [0.25, 0.3) is 0 Å². The zero-order valence-corrected chi connectivity index (χ0v) is 15.5. The second kappa shape index (κ2) is 24.6. The largest absolute Gasteiger partial charge is 0.480 e. The Morgan fingerprint density at radius 1 is 1.29 bits per heavy atom. The lowest BCUT2D eigenvalue weighted by Crippen LogP contribution is -2.36. The highest BCUT2D eigenvalue weighted by atomic mass is 127. The van der Waals surface area contributed by atoms with Gasteiger partial charge in [0, 0.05) is 6.54 Å². The Hall–Kier alpha value is -0.450. The normalized spacial score (nSPS) is 10.3. The van der Waals surface area contributed by atoms with E-state index in [4.69, 9.17) is 5.11 Å². The minimum absolute atomic E-state index is 0.399. The molecule has 128 valence electrons. The Bertz CT molecular complexity index is 219. The molecule has 0 aliphatic heterocycles. The van der Waals surface area contributed by atoms with E-state index < -0.39 is 12.0 Å². The van der Waals surface area contributed by atoms with Crippen molar-refractivity contribution in [2.75, 3.05) is 6.54 Å². The Labute approximate surface area is 141 Å². The van der Waals surface area contributed by atoms with Gasteiger partial charge in [0.2, 0.25) is 6.41 Å². The number of unbranched alkanes of at least 4 members (excludes halogenated alkanes) is 2. The molecule has 7 nitrogen and oxygen atoms in total. The summed E-state index contributed by atoms with van der Waals surface area (Å²) in [5, 5.41) is 11.2. The number of carbonyl (C=O) groups excluding carboxylic acids is 1. The predicted octanol–water partition coefficient (Wildman–Crippen LogP) is 2.99. The second-order valence-corrected chi connectivity index (χ2v) is 4.08. The molecule has 0 spiro atoms. The third-order valence-electron chi connectivity index (χ3n) is 2.17. The number of carboxylic acid groups (broad SMARTS) is 1. The van der Waals surface area contributed by atoms with E-state index in [0.717, 1.165) is 6.42 Å². The first-order valence-corrected chi connectivity index (χ1v) is 8.11. The number of carboxylic acids is 1. The lowest BCUT2D eigenvalue weighted by atomic mass is 10.1. The van der Waals surface area contributed by atoms with E-state index in [1.54, 1.807) is 0 Å². The lowest BCUT2D eigenvalue weighted by Gasteiger charge is -2.11. The molecule has 0 aromatic heterocycles. The van der Waals surface area contributed by atoms with E-state index in [-0.39, 0.29) is 0 Å². The van der Waals surface area contributed by atoms with Crippen LogP contribution in [0.4, 0.5) is 0 Å². The highest BCUT2D eigenvalue weighted by Gasteiger charge is 2.16. The first-order chi connectivity index (χ1) is 10.1. The summed E-state index contributed by atoms with van der Waals surface area (Å²) in [5.74, 6) is -1.01. The van der Waals surface area contributed by atoms with Gasteiger partial charge in [-0.2, -0.15) is 5.48 Å². The smallest absolute Gasteiger partial charge is 0.323 e. The number of amides is 1. The monoisotopic (exact) mass is 420 g/mol. The molecule has 1 unspecified atom stereocenters. The highest BCUT2D eigenvalue weighted by molar-refractivity contribution is 14.1. The minimum Gasteiger partial charge on any atom is -0.480 e. The van der Waals surface area contributed by atoms with Gasteiger partial charge in [-0.1, -0.05) is 40.5 Å². The van der Waals surface area contributed by atoms with Crippen LogP contribution in [0.3, 0.4) is 0 Å². The predicted molar refractivity (Wildman–Crippen MR) is 90.6 cm³/mol. The zero-order chi connectivity index (χ0) is 16.9. The van der Waals surface area contributed by atoms with Gasteiger partial charge in [0.1, 0.15) is 6.04 Å². The first-order valence-electron chi connectivity index (χ1n) is 7.23. The summed E-state index contributed by atoms with van der Waals surface area (Å²) in [7, 11) is 0. The Morgan fingerprint density at radius 2 is 1.86 bits per heavy atom. The third-order valence-corrected chi connectivity index (χ3v) is 2.35. The Morgan fingerprint density at radius 3 is 2.24 bits per heavy atom. The number of rotatable bonds is 11. The van der Waals surface area contributed by atoms with Crippen molar-refractivity contribution in [1.82, 2.24) is 10.8 Å². The van der Waals surface area contributed by atoms with Gasteiger partial charge in [0.05, 0.1) is 0 Å². The van der Waals surface area contributed by atoms with Crippen molar-refractivity contribution >= 4 is 35.4 Å². The van der Waals surface area contributed by atoms with Gasteiger partial charge in [-0.25, -0.2) is 0 Å². The van der Waals surface area contributed by atoms with Crippen LogP contribution < -0.4 is 10.8 Å². The van der Waals surface area contributed by atoms with Crippen LogP contribution in [0.1, 0.15) is 59.8 Å². The summed E-state index contributed by atoms with van der Waals surface area (Å²) in [6.07, 6.45) is 5.03. The maximum atomic E-state index is 10.7. The number of hydroxylamine groups is 1. The summed E-state index contributed by atoms with van der Waals surface area (Å²) in [6, 6.07) is -0.809. The van der Waals surface area contributed by atoms with Crippen molar-refractivity contribution in [1.29, 1.82) is 0 Å². The number of aliphatic carboxylic acids is 1. The van der Waals surface area contributed by atoms with E-state index in [1.807, 2.05) is 13.8 Å². The van der Waals surface area contributed by atoms with Crippen LogP contribution in [-0.2, 0) is 17.8 Å². The van der Waals surface area contributed by atoms with Crippen LogP contribution in [0, 0.1) is 0 Å². The van der Waals surface area contributed by atoms with E-state index in [1.165, 1.54) is 35.8 Å². The van der Waals surface area contributed by atoms with Crippen LogP contribution >= 0.6 is 23.0 Å². The van der Waals surface area contributed by atoms with Crippen LogP contribution in [-0.4, -0.2) is 30.1 Å². The third kappa shape index (κ3) is 24.9. The van der Waals surface area contributed by atoms with Gasteiger partial charge in [-0.3, -0.25) is 9.59 Å². The molecule has 8 heteroatoms. The summed E-state index contributed by atoms with van der Waals surface area (Å²) in [5.41, 5.74) is 2.24. The summed E-state index contributed by atoms with van der Waals surface area (Å²) in [4.78, 5) is 24.9. The molecule has 0 saturated carbocycles. The Balaban J connectivity index is -0.000000461. The molecular formula is C13H29IN2O5. The minimum atomic E-state index is -1.01. The molecule has 21 heavy (non-hydrogen) atoms. The molecule has 0 aliphatic rings. The zero-order valence-electron chi connectivity index (χ0n) is 13.4. The van der Waals surface area contributed by atoms with E-state index in [0.29, 0.717) is 25.8 Å². The van der Waals surface area contributed by atoms with Crippen molar-refractivity contribution in [3.05, 3.63) is 0 Å². The molecule has 0 radical (unpaired) electrons. The number of hydrogen-bond donors (Lipinski definition) is 3. The van der Waals surface area contributed by atoms with E-state index >= 15 is 0 Å². The van der Waals surface area contributed by atoms with Gasteiger partial charge in [0.15, 0.2) is 23.0 Å². The van der Waals surface area contributed by atoms with Crippen molar-refractivity contribution in [3.63, 3.8) is 0 Å². The molecule has 3 N–H and O–H groups in total. The molecule has 0 heterocycles. The molecule has 0 rings (SSSR count). The van der Waals surface area contributed by atoms with Crippen LogP contribution in [0.15, 0.2) is 0 Å². The van der Waals surface area contributed by atoms with Crippen LogP contribution in [0.5, 0.6) is 0 Å². The van der Waals surface area contributed by atoms with Gasteiger partial charge in [-0.15, -0.1) is 8.21 Å². The molecule has 0 aliphatic carbocycles. The van der Waals surface area contributed by atoms with E-state index in [2.05, 4.69) is 32.8 Å². The molecule has 0 fully saturated rings. The average Bonchev–Trinajstić information content (AvgIpc) is 2.52. The van der Waals surface area contributed by atoms with Crippen molar-refractivity contribution in [2.24, 2.45) is 0 Å².